The van der Waals surface area contributed by atoms with E-state index in [1.165, 1.54) is 11.6 Å². The van der Waals surface area contributed by atoms with E-state index in [1.54, 1.807) is 24.4 Å². The quantitative estimate of drug-likeness (QED) is 0.267. The first-order valence-electron chi connectivity index (χ1n) is 14.5. The lowest BCUT2D eigenvalue weighted by molar-refractivity contribution is -0.111. The second kappa shape index (κ2) is 14.0. The zero-order valence-electron chi connectivity index (χ0n) is 24.8. The fourth-order valence-electron chi connectivity index (χ4n) is 4.93. The smallest absolute Gasteiger partial charge is 0.248 e. The second-order valence-electron chi connectivity index (χ2n) is 11.1. The van der Waals surface area contributed by atoms with Gasteiger partial charge in [0, 0.05) is 42.4 Å². The third kappa shape index (κ3) is 8.01. The zero-order chi connectivity index (χ0) is 30.2. The number of hydrogen-bond donors (Lipinski definition) is 2. The zero-order valence-corrected chi connectivity index (χ0v) is 24.8. The molecule has 1 fully saturated rings. The second-order valence-corrected chi connectivity index (χ2v) is 11.1. The Kier molecular flexibility index (Phi) is 9.72. The summed E-state index contributed by atoms with van der Waals surface area (Å²) in [6.45, 7) is 4.45. The van der Waals surface area contributed by atoms with Crippen LogP contribution in [0.4, 0.5) is 17.1 Å². The molecule has 2 N–H and O–H groups in total. The summed E-state index contributed by atoms with van der Waals surface area (Å²) < 4.78 is 17.7. The molecule has 1 aliphatic heterocycles. The molecule has 9 heteroatoms. The maximum Gasteiger partial charge on any atom is 0.248 e. The largest absolute Gasteiger partial charge is 0.489 e. The van der Waals surface area contributed by atoms with Gasteiger partial charge in [0.2, 0.25) is 5.91 Å². The summed E-state index contributed by atoms with van der Waals surface area (Å²) in [5, 5.41) is 17.0. The molecule has 2 aliphatic rings. The van der Waals surface area contributed by atoms with E-state index < -0.39 is 0 Å². The molecule has 3 aromatic rings. The molecule has 2 heterocycles. The molecule has 43 heavy (non-hydrogen) atoms. The predicted octanol–water partition coefficient (Wildman–Crippen LogP) is 5.98. The molecular weight excluding hydrogens is 542 g/mol. The Morgan fingerprint density at radius 3 is 2.81 bits per heavy atom. The van der Waals surface area contributed by atoms with Crippen LogP contribution in [0.1, 0.15) is 25.3 Å². The highest BCUT2D eigenvalue weighted by atomic mass is 16.5. The maximum atomic E-state index is 12.8. The Morgan fingerprint density at radius 2 is 2.09 bits per heavy atom. The number of anilines is 3. The normalized spacial score (nSPS) is 18.1. The number of likely N-dealkylation sites (N-methyl/N-ethyl adjacent to an activating group) is 1. The highest BCUT2D eigenvalue weighted by Crippen LogP contribution is 2.37. The van der Waals surface area contributed by atoms with Crippen LogP contribution in [0.5, 0.6) is 11.5 Å². The molecular formula is C34H37N5O4. The molecule has 222 valence electrons. The first kappa shape index (κ1) is 29.8. The minimum atomic E-state index is -0.280. The lowest BCUT2D eigenvalue weighted by Gasteiger charge is -2.18. The molecule has 5 rings (SSSR count). The monoisotopic (exact) mass is 579 g/mol. The number of allylic oxidation sites excluding steroid dienone is 2. The van der Waals surface area contributed by atoms with E-state index in [0.29, 0.717) is 65.9 Å². The molecule has 9 nitrogen and oxygen atoms in total. The molecule has 2 aromatic carbocycles. The summed E-state index contributed by atoms with van der Waals surface area (Å²) in [7, 11) is 3.87. The van der Waals surface area contributed by atoms with Gasteiger partial charge >= 0.3 is 0 Å². The molecule has 0 spiro atoms. The van der Waals surface area contributed by atoms with Crippen molar-refractivity contribution in [3.8, 4) is 17.6 Å². The number of nitrogens with zero attached hydrogens (tertiary/aromatic N) is 3. The molecule has 2 atom stereocenters. The number of carbonyl (C=O) groups is 1. The van der Waals surface area contributed by atoms with Crippen molar-refractivity contribution < 1.29 is 19.0 Å². The van der Waals surface area contributed by atoms with Gasteiger partial charge in [0.05, 0.1) is 35.7 Å². The van der Waals surface area contributed by atoms with Crippen LogP contribution in [0.2, 0.25) is 0 Å². The Morgan fingerprint density at radius 1 is 1.26 bits per heavy atom. The van der Waals surface area contributed by atoms with Gasteiger partial charge in [-0.25, -0.2) is 0 Å². The first-order chi connectivity index (χ1) is 20.9. The van der Waals surface area contributed by atoms with Crippen molar-refractivity contribution in [3.63, 3.8) is 0 Å². The van der Waals surface area contributed by atoms with Crippen LogP contribution < -0.4 is 20.1 Å². The molecule has 1 aromatic heterocycles. The SMILES string of the molecule is CC1C=C(COc2ccc(Nc3c(C#N)cnc4cc(OC5CCOC5)c(NC(=O)/C=C/CN(C)C)cc34)cc2)C=CC1. The number of rotatable bonds is 11. The molecule has 1 saturated heterocycles. The van der Waals surface area contributed by atoms with Gasteiger partial charge in [-0.1, -0.05) is 31.2 Å². The summed E-state index contributed by atoms with van der Waals surface area (Å²) >= 11 is 0. The van der Waals surface area contributed by atoms with Crippen molar-refractivity contribution in [2.75, 3.05) is 51.1 Å². The number of amides is 1. The minimum absolute atomic E-state index is 0.122. The lowest BCUT2D eigenvalue weighted by atomic mass is 9.98. The van der Waals surface area contributed by atoms with Crippen LogP contribution in [-0.2, 0) is 9.53 Å². The molecule has 0 saturated carbocycles. The summed E-state index contributed by atoms with van der Waals surface area (Å²) in [4.78, 5) is 19.3. The predicted molar refractivity (Wildman–Crippen MR) is 169 cm³/mol. The van der Waals surface area contributed by atoms with E-state index in [9.17, 15) is 10.1 Å². The average molecular weight is 580 g/mol. The van der Waals surface area contributed by atoms with Gasteiger partial charge in [-0.2, -0.15) is 5.26 Å². The summed E-state index contributed by atoms with van der Waals surface area (Å²) in [5.74, 6) is 1.49. The van der Waals surface area contributed by atoms with Crippen LogP contribution in [0.3, 0.4) is 0 Å². The van der Waals surface area contributed by atoms with Crippen molar-refractivity contribution >= 4 is 33.9 Å². The van der Waals surface area contributed by atoms with Gasteiger partial charge in [0.25, 0.3) is 0 Å². The minimum Gasteiger partial charge on any atom is -0.489 e. The number of nitriles is 1. The first-order valence-corrected chi connectivity index (χ1v) is 14.5. The van der Waals surface area contributed by atoms with Crippen molar-refractivity contribution in [1.82, 2.24) is 9.88 Å². The average Bonchev–Trinajstić information content (AvgIpc) is 3.50. The fraction of sp³-hybridized carbons (Fsp3) is 0.324. The van der Waals surface area contributed by atoms with Crippen molar-refractivity contribution in [3.05, 3.63) is 84.1 Å². The Bertz CT molecular complexity index is 1580. The topological polar surface area (TPSA) is 109 Å². The summed E-state index contributed by atoms with van der Waals surface area (Å²) in [6, 6.07) is 13.5. The molecule has 0 radical (unpaired) electrons. The fourth-order valence-corrected chi connectivity index (χ4v) is 4.93. The Hall–Kier alpha value is -4.65. The number of pyridine rings is 1. The van der Waals surface area contributed by atoms with Crippen LogP contribution in [-0.4, -0.2) is 62.4 Å². The maximum absolute atomic E-state index is 12.8. The van der Waals surface area contributed by atoms with Gasteiger partial charge in [-0.05, 0) is 62.3 Å². The molecule has 0 bridgehead atoms. The third-order valence-electron chi connectivity index (χ3n) is 7.14. The van der Waals surface area contributed by atoms with Crippen LogP contribution in [0, 0.1) is 17.2 Å². The Labute approximate surface area is 252 Å². The van der Waals surface area contributed by atoms with Crippen molar-refractivity contribution in [1.29, 1.82) is 5.26 Å². The lowest BCUT2D eigenvalue weighted by Crippen LogP contribution is -2.18. The van der Waals surface area contributed by atoms with Gasteiger partial charge in [-0.15, -0.1) is 0 Å². The van der Waals surface area contributed by atoms with E-state index in [2.05, 4.69) is 46.8 Å². The number of aromatic nitrogens is 1. The summed E-state index contributed by atoms with van der Waals surface area (Å²) in [5.41, 5.74) is 4.02. The number of fused-ring (bicyclic) bond motifs is 1. The van der Waals surface area contributed by atoms with Crippen LogP contribution >= 0.6 is 0 Å². The van der Waals surface area contributed by atoms with Crippen molar-refractivity contribution in [2.45, 2.75) is 25.9 Å². The highest BCUT2D eigenvalue weighted by Gasteiger charge is 2.21. The van der Waals surface area contributed by atoms with Crippen LogP contribution in [0.25, 0.3) is 10.9 Å². The van der Waals surface area contributed by atoms with E-state index in [4.69, 9.17) is 14.2 Å². The number of carbonyl (C=O) groups excluding carboxylic acids is 1. The molecule has 1 amide bonds. The van der Waals surface area contributed by atoms with E-state index >= 15 is 0 Å². The molecule has 2 unspecified atom stereocenters. The van der Waals surface area contributed by atoms with E-state index in [-0.39, 0.29) is 12.0 Å². The highest BCUT2D eigenvalue weighted by molar-refractivity contribution is 6.04. The van der Waals surface area contributed by atoms with Gasteiger partial charge in [-0.3, -0.25) is 9.78 Å². The number of benzene rings is 2. The van der Waals surface area contributed by atoms with Gasteiger partial charge in [0.1, 0.15) is 30.3 Å². The van der Waals surface area contributed by atoms with E-state index in [0.717, 1.165) is 24.3 Å². The van der Waals surface area contributed by atoms with Gasteiger partial charge < -0.3 is 29.7 Å². The number of ether oxygens (including phenoxy) is 3. The van der Waals surface area contributed by atoms with Gasteiger partial charge in [0.15, 0.2) is 0 Å². The Balaban J connectivity index is 1.41. The standard InChI is InChI=1S/C34H37N5O4/c1-23-6-4-7-24(16-23)21-42-27-11-9-26(10-12-27)37-34-25(19-35)20-36-30-18-32(43-28-13-15-41-22-28)31(17-29(30)34)38-33(40)8-5-14-39(2)3/h4-5,7-12,16-18,20,23,28H,6,13-15,21-22H2,1-3H3,(H,36,37)(H,38,40)/b8-5+. The third-order valence-corrected chi connectivity index (χ3v) is 7.14. The number of nitrogens with one attached hydrogen (secondary N) is 2. The van der Waals surface area contributed by atoms with E-state index in [1.807, 2.05) is 43.3 Å². The molecule has 1 aliphatic carbocycles. The number of hydrogen-bond acceptors (Lipinski definition) is 8. The van der Waals surface area contributed by atoms with Crippen molar-refractivity contribution in [2.24, 2.45) is 5.92 Å². The van der Waals surface area contributed by atoms with Crippen LogP contribution in [0.15, 0.2) is 78.5 Å². The summed E-state index contributed by atoms with van der Waals surface area (Å²) in [6.07, 6.45) is 13.1.